The fourth-order valence-corrected chi connectivity index (χ4v) is 3.12. The second-order valence-corrected chi connectivity index (χ2v) is 5.41. The first-order valence-electron chi connectivity index (χ1n) is 6.48. The van der Waals surface area contributed by atoms with E-state index in [1.165, 1.54) is 16.1 Å². The summed E-state index contributed by atoms with van der Waals surface area (Å²) < 4.78 is 5.34. The second kappa shape index (κ2) is 6.26. The highest BCUT2D eigenvalue weighted by Crippen LogP contribution is 2.44. The van der Waals surface area contributed by atoms with Gasteiger partial charge in [0.15, 0.2) is 0 Å². The lowest BCUT2D eigenvalue weighted by atomic mass is 10.1. The number of thioether (sulfide) groups is 1. The van der Waals surface area contributed by atoms with E-state index in [9.17, 15) is 0 Å². The van der Waals surface area contributed by atoms with Gasteiger partial charge in [-0.3, -0.25) is 4.99 Å². The molecule has 3 nitrogen and oxygen atoms in total. The van der Waals surface area contributed by atoms with Crippen LogP contribution in [0.15, 0.2) is 38.8 Å². The third kappa shape index (κ3) is 2.85. The number of benzene rings is 1. The number of allylic oxidation sites excluding steroid dienone is 1. The Labute approximate surface area is 119 Å². The fraction of sp³-hybridized carbons (Fsp3) is 0.400. The summed E-state index contributed by atoms with van der Waals surface area (Å²) >= 11 is 1.72. The lowest BCUT2D eigenvalue weighted by Gasteiger charge is -2.31. The van der Waals surface area contributed by atoms with Gasteiger partial charge in [0.1, 0.15) is 11.8 Å². The Morgan fingerprint density at radius 2 is 2.21 bits per heavy atom. The van der Waals surface area contributed by atoms with E-state index in [2.05, 4.69) is 41.9 Å². The van der Waals surface area contributed by atoms with Gasteiger partial charge in [-0.15, -0.1) is 0 Å². The summed E-state index contributed by atoms with van der Waals surface area (Å²) in [5.74, 6) is 0. The average molecular weight is 276 g/mol. The van der Waals surface area contributed by atoms with Crippen molar-refractivity contribution in [1.29, 1.82) is 0 Å². The molecule has 0 bridgehead atoms. The van der Waals surface area contributed by atoms with Gasteiger partial charge in [0, 0.05) is 23.9 Å². The molecule has 1 aromatic carbocycles. The Bertz CT molecular complexity index is 523. The van der Waals surface area contributed by atoms with Gasteiger partial charge in [-0.1, -0.05) is 24.8 Å². The van der Waals surface area contributed by atoms with Crippen molar-refractivity contribution in [3.8, 4) is 0 Å². The van der Waals surface area contributed by atoms with Crippen molar-refractivity contribution in [3.05, 3.63) is 34.5 Å². The third-order valence-electron chi connectivity index (χ3n) is 3.15. The molecule has 0 spiro atoms. The van der Waals surface area contributed by atoms with Crippen LogP contribution in [0.2, 0.25) is 0 Å². The molecule has 1 aliphatic rings. The normalized spacial score (nSPS) is 15.3. The summed E-state index contributed by atoms with van der Waals surface area (Å²) in [7, 11) is 1.72. The minimum Gasteiger partial charge on any atom is -0.364 e. The van der Waals surface area contributed by atoms with Crippen molar-refractivity contribution in [2.45, 2.75) is 32.1 Å². The Morgan fingerprint density at radius 3 is 2.84 bits per heavy atom. The summed E-state index contributed by atoms with van der Waals surface area (Å²) in [6.07, 6.45) is 2.88. The Kier molecular flexibility index (Phi) is 4.66. The fourth-order valence-electron chi connectivity index (χ4n) is 2.09. The number of hydrogen-bond acceptors (Lipinski definition) is 4. The lowest BCUT2D eigenvalue weighted by Crippen LogP contribution is -2.26. The molecule has 0 atom stereocenters. The maximum Gasteiger partial charge on any atom is 0.122 e. The summed E-state index contributed by atoms with van der Waals surface area (Å²) in [6, 6.07) is 6.61. The predicted octanol–water partition coefficient (Wildman–Crippen LogP) is 4.04. The van der Waals surface area contributed by atoms with Crippen molar-refractivity contribution < 1.29 is 4.74 Å². The van der Waals surface area contributed by atoms with E-state index in [0.717, 1.165) is 17.1 Å². The van der Waals surface area contributed by atoms with Crippen LogP contribution < -0.4 is 4.90 Å². The molecule has 1 heterocycles. The summed E-state index contributed by atoms with van der Waals surface area (Å²) in [6.45, 7) is 6.76. The van der Waals surface area contributed by atoms with Crippen molar-refractivity contribution in [2.75, 3.05) is 18.7 Å². The van der Waals surface area contributed by atoms with Crippen molar-refractivity contribution >= 4 is 23.7 Å². The third-order valence-corrected chi connectivity index (χ3v) is 4.31. The predicted molar refractivity (Wildman–Crippen MR) is 82.9 cm³/mol. The Hall–Kier alpha value is -1.26. The van der Waals surface area contributed by atoms with E-state index in [0.29, 0.717) is 6.73 Å². The summed E-state index contributed by atoms with van der Waals surface area (Å²) in [5.41, 5.74) is 3.71. The van der Waals surface area contributed by atoms with Gasteiger partial charge >= 0.3 is 0 Å². The SMILES string of the molecule is C/C=N\C1=C(C)N(COC)c2cc(CC)ccc2S1. The van der Waals surface area contributed by atoms with Crippen LogP contribution in [0.3, 0.4) is 0 Å². The molecule has 0 N–H and O–H groups in total. The summed E-state index contributed by atoms with van der Waals surface area (Å²) in [4.78, 5) is 7.88. The highest BCUT2D eigenvalue weighted by molar-refractivity contribution is 8.03. The molecule has 2 rings (SSSR count). The number of nitrogens with zero attached hydrogens (tertiary/aromatic N) is 2. The van der Waals surface area contributed by atoms with Gasteiger partial charge in [0.05, 0.1) is 5.69 Å². The monoisotopic (exact) mass is 276 g/mol. The number of hydrogen-bond donors (Lipinski definition) is 0. The van der Waals surface area contributed by atoms with Crippen LogP contribution in [0.4, 0.5) is 5.69 Å². The number of ether oxygens (including phenoxy) is 1. The maximum absolute atomic E-state index is 5.34. The van der Waals surface area contributed by atoms with E-state index in [4.69, 9.17) is 4.74 Å². The van der Waals surface area contributed by atoms with Crippen LogP contribution in [0.25, 0.3) is 0 Å². The largest absolute Gasteiger partial charge is 0.364 e. The minimum absolute atomic E-state index is 0.551. The first-order valence-corrected chi connectivity index (χ1v) is 7.29. The quantitative estimate of drug-likeness (QED) is 0.776. The highest BCUT2D eigenvalue weighted by Gasteiger charge is 2.23. The van der Waals surface area contributed by atoms with Gasteiger partial charge in [0.25, 0.3) is 0 Å². The number of anilines is 1. The van der Waals surface area contributed by atoms with Gasteiger partial charge in [-0.2, -0.15) is 0 Å². The number of rotatable bonds is 4. The molecule has 102 valence electrons. The molecule has 0 saturated heterocycles. The standard InChI is InChI=1S/C15H20N2OS/c1-5-12-7-8-14-13(9-12)17(10-18-4)11(3)15(19-14)16-6-2/h6-9H,5,10H2,1-4H3/b16-6-. The smallest absolute Gasteiger partial charge is 0.122 e. The molecule has 0 fully saturated rings. The molecule has 0 unspecified atom stereocenters. The highest BCUT2D eigenvalue weighted by atomic mass is 32.2. The molecule has 0 aromatic heterocycles. The van der Waals surface area contributed by atoms with Crippen LogP contribution >= 0.6 is 11.8 Å². The molecule has 19 heavy (non-hydrogen) atoms. The van der Waals surface area contributed by atoms with Crippen molar-refractivity contribution in [2.24, 2.45) is 4.99 Å². The number of aliphatic imine (C=N–C) groups is 1. The average Bonchev–Trinajstić information content (AvgIpc) is 2.43. The zero-order chi connectivity index (χ0) is 13.8. The number of aryl methyl sites for hydroxylation is 1. The van der Waals surface area contributed by atoms with Crippen molar-refractivity contribution in [1.82, 2.24) is 0 Å². The van der Waals surface area contributed by atoms with Gasteiger partial charge in [-0.25, -0.2) is 0 Å². The van der Waals surface area contributed by atoms with Crippen LogP contribution in [-0.2, 0) is 11.2 Å². The molecular weight excluding hydrogens is 256 g/mol. The molecule has 0 aliphatic carbocycles. The summed E-state index contributed by atoms with van der Waals surface area (Å²) in [5, 5.41) is 1.04. The first kappa shape index (κ1) is 14.2. The van der Waals surface area contributed by atoms with Gasteiger partial charge < -0.3 is 9.64 Å². The Morgan fingerprint density at radius 1 is 1.42 bits per heavy atom. The van der Waals surface area contributed by atoms with E-state index in [1.807, 2.05) is 13.1 Å². The topological polar surface area (TPSA) is 24.8 Å². The molecule has 4 heteroatoms. The Balaban J connectivity index is 2.48. The van der Waals surface area contributed by atoms with Gasteiger partial charge in [-0.05, 0) is 38.0 Å². The zero-order valence-electron chi connectivity index (χ0n) is 11.9. The van der Waals surface area contributed by atoms with Crippen LogP contribution in [0.5, 0.6) is 0 Å². The van der Waals surface area contributed by atoms with Crippen LogP contribution in [0, 0.1) is 0 Å². The number of fused-ring (bicyclic) bond motifs is 1. The molecule has 0 radical (unpaired) electrons. The molecule has 0 saturated carbocycles. The maximum atomic E-state index is 5.34. The van der Waals surface area contributed by atoms with E-state index < -0.39 is 0 Å². The minimum atomic E-state index is 0.551. The second-order valence-electron chi connectivity index (χ2n) is 4.38. The molecule has 1 aromatic rings. The van der Waals surface area contributed by atoms with E-state index >= 15 is 0 Å². The molecular formula is C15H20N2OS. The zero-order valence-corrected chi connectivity index (χ0v) is 12.8. The number of methoxy groups -OCH3 is 1. The molecule has 1 aliphatic heterocycles. The van der Waals surface area contributed by atoms with Gasteiger partial charge in [0.2, 0.25) is 0 Å². The van der Waals surface area contributed by atoms with E-state index in [-0.39, 0.29) is 0 Å². The van der Waals surface area contributed by atoms with Crippen LogP contribution in [0.1, 0.15) is 26.3 Å². The van der Waals surface area contributed by atoms with Crippen LogP contribution in [-0.4, -0.2) is 20.1 Å². The lowest BCUT2D eigenvalue weighted by molar-refractivity contribution is 0.202. The van der Waals surface area contributed by atoms with Crippen molar-refractivity contribution in [3.63, 3.8) is 0 Å². The first-order chi connectivity index (χ1) is 9.21. The molecule has 0 amide bonds. The van der Waals surface area contributed by atoms with E-state index in [1.54, 1.807) is 18.9 Å².